The molecule has 1 aromatic heterocycles. The van der Waals surface area contributed by atoms with Gasteiger partial charge in [-0.15, -0.1) is 0 Å². The predicted molar refractivity (Wildman–Crippen MR) is 78.9 cm³/mol. The van der Waals surface area contributed by atoms with Gasteiger partial charge in [0, 0.05) is 12.0 Å². The first-order valence-electron chi connectivity index (χ1n) is 7.28. The number of urea groups is 1. The summed E-state index contributed by atoms with van der Waals surface area (Å²) in [5.41, 5.74) is -1.13. The molecular weight excluding hydrogens is 306 g/mol. The van der Waals surface area contributed by atoms with Gasteiger partial charge in [0.05, 0.1) is 12.8 Å². The van der Waals surface area contributed by atoms with E-state index in [1.54, 1.807) is 6.07 Å². The number of amides is 2. The second-order valence-electron chi connectivity index (χ2n) is 5.55. The molecule has 1 unspecified atom stereocenters. The van der Waals surface area contributed by atoms with Crippen LogP contribution in [0, 0.1) is 11.6 Å². The van der Waals surface area contributed by atoms with Gasteiger partial charge in [-0.3, -0.25) is 0 Å². The Hall–Kier alpha value is -2.41. The number of hydrogen-bond acceptors (Lipinski definition) is 3. The van der Waals surface area contributed by atoms with E-state index in [0.29, 0.717) is 17.7 Å². The number of nitrogens with one attached hydrogen (secondary N) is 2. The first-order chi connectivity index (χ1) is 11.0. The van der Waals surface area contributed by atoms with Crippen LogP contribution in [0.3, 0.4) is 0 Å². The number of benzene rings is 1. The largest absolute Gasteiger partial charge is 0.469 e. The molecule has 0 bridgehead atoms. The number of carbonyl (C=O) groups excluding carboxylic acids is 1. The molecule has 0 radical (unpaired) electrons. The van der Waals surface area contributed by atoms with Crippen LogP contribution in [-0.2, 0) is 12.0 Å². The lowest BCUT2D eigenvalue weighted by Gasteiger charge is -2.31. The Morgan fingerprint density at radius 3 is 2.78 bits per heavy atom. The maximum Gasteiger partial charge on any atom is 0.319 e. The number of para-hydroxylation sites is 1. The molecule has 1 aromatic carbocycles. The molecule has 0 saturated carbocycles. The normalized spacial score (nSPS) is 20.0. The molecule has 0 fully saturated rings. The Balaban J connectivity index is 1.66. The van der Waals surface area contributed by atoms with E-state index >= 15 is 0 Å². The zero-order valence-electron chi connectivity index (χ0n) is 12.2. The Bertz CT molecular complexity index is 712. The molecule has 3 rings (SSSR count). The van der Waals surface area contributed by atoms with Gasteiger partial charge in [-0.1, -0.05) is 6.07 Å². The zero-order valence-corrected chi connectivity index (χ0v) is 12.2. The molecule has 3 N–H and O–H groups in total. The Labute approximate surface area is 131 Å². The van der Waals surface area contributed by atoms with Crippen LogP contribution >= 0.6 is 0 Å². The lowest BCUT2D eigenvalue weighted by molar-refractivity contribution is 0.0199. The van der Waals surface area contributed by atoms with Gasteiger partial charge in [0.15, 0.2) is 0 Å². The summed E-state index contributed by atoms with van der Waals surface area (Å²) < 4.78 is 32.3. The molecule has 1 aliphatic carbocycles. The van der Waals surface area contributed by atoms with Gasteiger partial charge in [0.1, 0.15) is 28.7 Å². The molecule has 0 spiro atoms. The van der Waals surface area contributed by atoms with Crippen molar-refractivity contribution in [2.75, 3.05) is 11.9 Å². The summed E-state index contributed by atoms with van der Waals surface area (Å²) in [5.74, 6) is -1.04. The van der Waals surface area contributed by atoms with Crippen molar-refractivity contribution in [3.8, 4) is 0 Å². The molecule has 2 amide bonds. The molecule has 23 heavy (non-hydrogen) atoms. The monoisotopic (exact) mass is 322 g/mol. The van der Waals surface area contributed by atoms with E-state index in [0.717, 1.165) is 25.0 Å². The van der Waals surface area contributed by atoms with Crippen LogP contribution in [0.25, 0.3) is 0 Å². The topological polar surface area (TPSA) is 74.5 Å². The minimum Gasteiger partial charge on any atom is -0.469 e. The van der Waals surface area contributed by atoms with Crippen molar-refractivity contribution >= 4 is 11.7 Å². The summed E-state index contributed by atoms with van der Waals surface area (Å²) in [6.45, 7) is -0.0819. The summed E-state index contributed by atoms with van der Waals surface area (Å²) >= 11 is 0. The molecule has 1 aliphatic rings. The van der Waals surface area contributed by atoms with Crippen molar-refractivity contribution in [1.82, 2.24) is 5.32 Å². The van der Waals surface area contributed by atoms with Crippen LogP contribution in [0.4, 0.5) is 19.3 Å². The highest BCUT2D eigenvalue weighted by Crippen LogP contribution is 2.35. The van der Waals surface area contributed by atoms with Gasteiger partial charge < -0.3 is 20.2 Å². The quantitative estimate of drug-likeness (QED) is 0.813. The van der Waals surface area contributed by atoms with Crippen molar-refractivity contribution in [2.45, 2.75) is 24.9 Å². The maximum atomic E-state index is 13.5. The number of rotatable bonds is 3. The van der Waals surface area contributed by atoms with Gasteiger partial charge in [-0.25, -0.2) is 13.6 Å². The van der Waals surface area contributed by atoms with E-state index in [1.165, 1.54) is 12.3 Å². The highest BCUT2D eigenvalue weighted by atomic mass is 19.1. The smallest absolute Gasteiger partial charge is 0.319 e. The average molecular weight is 322 g/mol. The summed E-state index contributed by atoms with van der Waals surface area (Å²) in [4.78, 5) is 11.9. The van der Waals surface area contributed by atoms with Crippen LogP contribution < -0.4 is 10.6 Å². The highest BCUT2D eigenvalue weighted by molar-refractivity contribution is 5.89. The Morgan fingerprint density at radius 1 is 1.30 bits per heavy atom. The summed E-state index contributed by atoms with van der Waals surface area (Å²) in [5, 5.41) is 15.3. The van der Waals surface area contributed by atoms with Crippen LogP contribution in [0.2, 0.25) is 0 Å². The molecule has 7 heteroatoms. The fraction of sp³-hybridized carbons (Fsp3) is 0.312. The second kappa shape index (κ2) is 6.00. The third-order valence-electron chi connectivity index (χ3n) is 3.98. The predicted octanol–water partition coefficient (Wildman–Crippen LogP) is 2.90. The van der Waals surface area contributed by atoms with Crippen LogP contribution in [0.5, 0.6) is 0 Å². The number of aliphatic hydroxyl groups is 1. The van der Waals surface area contributed by atoms with E-state index in [9.17, 15) is 18.7 Å². The van der Waals surface area contributed by atoms with Crippen LogP contribution in [0.1, 0.15) is 24.2 Å². The van der Waals surface area contributed by atoms with Gasteiger partial charge >= 0.3 is 6.03 Å². The average Bonchev–Trinajstić information content (AvgIpc) is 3.00. The molecule has 0 aliphatic heterocycles. The van der Waals surface area contributed by atoms with Crippen molar-refractivity contribution in [2.24, 2.45) is 0 Å². The molecule has 1 atom stereocenters. The SMILES string of the molecule is O=C(NCC1(O)CCCc2occc21)Nc1c(F)cccc1F. The van der Waals surface area contributed by atoms with E-state index < -0.39 is 29.0 Å². The maximum absolute atomic E-state index is 13.5. The molecule has 0 saturated heterocycles. The third kappa shape index (κ3) is 3.05. The molecule has 122 valence electrons. The Kier molecular flexibility index (Phi) is 4.04. The number of anilines is 1. The lowest BCUT2D eigenvalue weighted by atomic mass is 9.83. The van der Waals surface area contributed by atoms with Gasteiger partial charge in [-0.05, 0) is 31.0 Å². The van der Waals surface area contributed by atoms with Crippen molar-refractivity contribution in [3.05, 3.63) is 53.5 Å². The van der Waals surface area contributed by atoms with Crippen molar-refractivity contribution in [1.29, 1.82) is 0 Å². The molecule has 5 nitrogen and oxygen atoms in total. The third-order valence-corrected chi connectivity index (χ3v) is 3.98. The Morgan fingerprint density at radius 2 is 2.04 bits per heavy atom. The second-order valence-corrected chi connectivity index (χ2v) is 5.55. The number of aryl methyl sites for hydroxylation is 1. The number of hydrogen-bond donors (Lipinski definition) is 3. The minimum absolute atomic E-state index is 0.0819. The van der Waals surface area contributed by atoms with Gasteiger partial charge in [0.2, 0.25) is 0 Å². The van der Waals surface area contributed by atoms with Gasteiger partial charge in [0.25, 0.3) is 0 Å². The van der Waals surface area contributed by atoms with Crippen molar-refractivity contribution < 1.29 is 23.1 Å². The minimum atomic E-state index is -1.24. The first kappa shape index (κ1) is 15.5. The van der Waals surface area contributed by atoms with E-state index in [-0.39, 0.29) is 6.54 Å². The fourth-order valence-corrected chi connectivity index (χ4v) is 2.81. The summed E-state index contributed by atoms with van der Waals surface area (Å²) in [6.07, 6.45) is 3.42. The van der Waals surface area contributed by atoms with Crippen molar-refractivity contribution in [3.63, 3.8) is 0 Å². The van der Waals surface area contributed by atoms with Crippen LogP contribution in [0.15, 0.2) is 34.9 Å². The number of furan rings is 1. The zero-order chi connectivity index (χ0) is 16.4. The standard InChI is InChI=1S/C16H16F2N2O3/c17-11-3-1-4-12(18)14(11)20-15(21)19-9-16(22)7-2-5-13-10(16)6-8-23-13/h1,3-4,6,8,22H,2,5,7,9H2,(H2,19,20,21). The number of fused-ring (bicyclic) bond motifs is 1. The van der Waals surface area contributed by atoms with E-state index in [2.05, 4.69) is 10.6 Å². The highest BCUT2D eigenvalue weighted by Gasteiger charge is 2.36. The lowest BCUT2D eigenvalue weighted by Crippen LogP contribution is -2.44. The summed E-state index contributed by atoms with van der Waals surface area (Å²) in [7, 11) is 0. The number of carbonyl (C=O) groups is 1. The molecule has 1 heterocycles. The van der Waals surface area contributed by atoms with E-state index in [4.69, 9.17) is 4.42 Å². The molecular formula is C16H16F2N2O3. The summed E-state index contributed by atoms with van der Waals surface area (Å²) in [6, 6.07) is 4.18. The fourth-order valence-electron chi connectivity index (χ4n) is 2.81. The van der Waals surface area contributed by atoms with Gasteiger partial charge in [-0.2, -0.15) is 0 Å². The molecule has 2 aromatic rings. The first-order valence-corrected chi connectivity index (χ1v) is 7.28. The number of halogens is 2. The van der Waals surface area contributed by atoms with E-state index in [1.807, 2.05) is 0 Å². The van der Waals surface area contributed by atoms with Crippen LogP contribution in [-0.4, -0.2) is 17.7 Å².